The molecule has 1 aromatic carbocycles. The van der Waals surface area contributed by atoms with Gasteiger partial charge < -0.3 is 9.47 Å². The van der Waals surface area contributed by atoms with Crippen LogP contribution in [0.1, 0.15) is 19.4 Å². The van der Waals surface area contributed by atoms with Crippen molar-refractivity contribution >= 4 is 5.90 Å². The third-order valence-electron chi connectivity index (χ3n) is 3.90. The van der Waals surface area contributed by atoms with Gasteiger partial charge in [0.15, 0.2) is 11.6 Å². The molecule has 0 saturated heterocycles. The summed E-state index contributed by atoms with van der Waals surface area (Å²) in [6.07, 6.45) is -0.416. The van der Waals surface area contributed by atoms with Crippen molar-refractivity contribution in [2.24, 2.45) is 10.9 Å². The molecule has 7 heteroatoms. The predicted octanol–water partition coefficient (Wildman–Crippen LogP) is 2.66. The molecule has 0 spiro atoms. The third kappa shape index (κ3) is 3.84. The van der Waals surface area contributed by atoms with Crippen LogP contribution in [-0.2, 0) is 15.9 Å². The molecule has 0 aromatic heterocycles. The van der Waals surface area contributed by atoms with E-state index in [4.69, 9.17) is 9.47 Å². The van der Waals surface area contributed by atoms with Gasteiger partial charge >= 0.3 is 0 Å². The van der Waals surface area contributed by atoms with Gasteiger partial charge in [0, 0.05) is 19.6 Å². The number of hydrogen-bond donors (Lipinski definition) is 1. The number of halogens is 3. The molecule has 1 heterocycles. The van der Waals surface area contributed by atoms with Gasteiger partial charge in [0.05, 0.1) is 19.2 Å². The standard InChI is InChI=1S/C16H21F3N2O2/c1-8(2)14-16(23-4)20-13(15(21-14)22-3)6-9-5-11(18)12(19)7-10(9)17/h5,7-8,13-15,21H,6H2,1-4H3/t13-,14+,15+/m1/s1. The fourth-order valence-corrected chi connectivity index (χ4v) is 2.65. The first-order valence-electron chi connectivity index (χ1n) is 7.41. The maximum atomic E-state index is 13.9. The van der Waals surface area contributed by atoms with Crippen molar-refractivity contribution in [1.29, 1.82) is 0 Å². The summed E-state index contributed by atoms with van der Waals surface area (Å²) >= 11 is 0. The van der Waals surface area contributed by atoms with Crippen LogP contribution >= 0.6 is 0 Å². The van der Waals surface area contributed by atoms with Crippen molar-refractivity contribution in [2.75, 3.05) is 14.2 Å². The van der Waals surface area contributed by atoms with Crippen LogP contribution in [0.3, 0.4) is 0 Å². The minimum atomic E-state index is -1.21. The van der Waals surface area contributed by atoms with E-state index in [0.29, 0.717) is 12.0 Å². The smallest absolute Gasteiger partial charge is 0.201 e. The summed E-state index contributed by atoms with van der Waals surface area (Å²) in [5.74, 6) is -2.40. The van der Waals surface area contributed by atoms with Crippen molar-refractivity contribution in [1.82, 2.24) is 5.32 Å². The first-order chi connectivity index (χ1) is 10.9. The van der Waals surface area contributed by atoms with Gasteiger partial charge in [-0.25, -0.2) is 18.2 Å². The van der Waals surface area contributed by atoms with Crippen LogP contribution in [0.15, 0.2) is 17.1 Å². The molecular formula is C16H21F3N2O2. The third-order valence-corrected chi connectivity index (χ3v) is 3.90. The Bertz CT molecular complexity index is 593. The zero-order chi connectivity index (χ0) is 17.1. The molecule has 0 aliphatic carbocycles. The number of benzene rings is 1. The van der Waals surface area contributed by atoms with Crippen molar-refractivity contribution in [2.45, 2.75) is 38.6 Å². The van der Waals surface area contributed by atoms with E-state index in [1.165, 1.54) is 14.2 Å². The first kappa shape index (κ1) is 17.7. The molecule has 1 aliphatic heterocycles. The molecule has 1 aromatic rings. The molecule has 2 rings (SSSR count). The molecule has 4 nitrogen and oxygen atoms in total. The summed E-state index contributed by atoms with van der Waals surface area (Å²) in [5.41, 5.74) is 0.0416. The van der Waals surface area contributed by atoms with Gasteiger partial charge in [-0.15, -0.1) is 0 Å². The van der Waals surface area contributed by atoms with Gasteiger partial charge in [0.2, 0.25) is 5.90 Å². The highest BCUT2D eigenvalue weighted by molar-refractivity contribution is 5.83. The summed E-state index contributed by atoms with van der Waals surface area (Å²) in [6, 6.07) is 0.759. The molecule has 1 aliphatic rings. The van der Waals surface area contributed by atoms with E-state index in [2.05, 4.69) is 10.3 Å². The molecule has 128 valence electrons. The lowest BCUT2D eigenvalue weighted by Gasteiger charge is -2.36. The van der Waals surface area contributed by atoms with Gasteiger partial charge in [-0.3, -0.25) is 5.32 Å². The van der Waals surface area contributed by atoms with Gasteiger partial charge in [-0.2, -0.15) is 0 Å². The fraction of sp³-hybridized carbons (Fsp3) is 0.562. The lowest BCUT2D eigenvalue weighted by Crippen LogP contribution is -2.56. The summed E-state index contributed by atoms with van der Waals surface area (Å²) in [4.78, 5) is 4.47. The Labute approximate surface area is 133 Å². The predicted molar refractivity (Wildman–Crippen MR) is 80.8 cm³/mol. The molecule has 0 bridgehead atoms. The van der Waals surface area contributed by atoms with Crippen molar-refractivity contribution in [3.8, 4) is 0 Å². The Morgan fingerprint density at radius 1 is 1.13 bits per heavy atom. The first-order valence-corrected chi connectivity index (χ1v) is 7.41. The Hall–Kier alpha value is -1.60. The van der Waals surface area contributed by atoms with E-state index in [9.17, 15) is 13.2 Å². The normalized spacial score (nSPS) is 24.7. The maximum absolute atomic E-state index is 13.9. The van der Waals surface area contributed by atoms with Crippen LogP contribution in [0.5, 0.6) is 0 Å². The number of methoxy groups -OCH3 is 2. The fourth-order valence-electron chi connectivity index (χ4n) is 2.65. The monoisotopic (exact) mass is 330 g/mol. The quantitative estimate of drug-likeness (QED) is 0.863. The van der Waals surface area contributed by atoms with Gasteiger partial charge in [0.25, 0.3) is 0 Å². The lowest BCUT2D eigenvalue weighted by molar-refractivity contribution is 0.0341. The highest BCUT2D eigenvalue weighted by Crippen LogP contribution is 2.22. The zero-order valence-electron chi connectivity index (χ0n) is 13.6. The molecule has 0 fully saturated rings. The highest BCUT2D eigenvalue weighted by Gasteiger charge is 2.35. The van der Waals surface area contributed by atoms with Crippen LogP contribution in [0.4, 0.5) is 13.2 Å². The van der Waals surface area contributed by atoms with Crippen LogP contribution in [-0.4, -0.2) is 38.4 Å². The van der Waals surface area contributed by atoms with Crippen molar-refractivity contribution in [3.05, 3.63) is 35.1 Å². The second kappa shape index (κ2) is 7.31. The molecule has 0 radical (unpaired) electrons. The molecule has 23 heavy (non-hydrogen) atoms. The minimum absolute atomic E-state index is 0.0416. The van der Waals surface area contributed by atoms with E-state index < -0.39 is 29.7 Å². The number of hydrogen-bond acceptors (Lipinski definition) is 4. The number of nitrogens with zero attached hydrogens (tertiary/aromatic N) is 1. The molecule has 0 saturated carbocycles. The van der Waals surface area contributed by atoms with Crippen molar-refractivity contribution < 1.29 is 22.6 Å². The number of rotatable bonds is 4. The zero-order valence-corrected chi connectivity index (χ0v) is 13.6. The maximum Gasteiger partial charge on any atom is 0.201 e. The van der Waals surface area contributed by atoms with E-state index >= 15 is 0 Å². The Morgan fingerprint density at radius 3 is 2.35 bits per heavy atom. The lowest BCUT2D eigenvalue weighted by atomic mass is 9.97. The second-order valence-corrected chi connectivity index (χ2v) is 5.85. The summed E-state index contributed by atoms with van der Waals surface area (Å²) < 4.78 is 50.9. The largest absolute Gasteiger partial charge is 0.483 e. The number of ether oxygens (including phenoxy) is 2. The van der Waals surface area contributed by atoms with Crippen LogP contribution in [0.25, 0.3) is 0 Å². The summed E-state index contributed by atoms with van der Waals surface area (Å²) in [6.45, 7) is 4.02. The Kier molecular flexibility index (Phi) is 5.64. The SMILES string of the molecule is COC1=N[C@H](Cc2cc(F)c(F)cc2F)[C@H](OC)N[C@H]1C(C)C. The van der Waals surface area contributed by atoms with E-state index in [-0.39, 0.29) is 23.9 Å². The Morgan fingerprint density at radius 2 is 1.78 bits per heavy atom. The van der Waals surface area contributed by atoms with E-state index in [0.717, 1.165) is 6.07 Å². The van der Waals surface area contributed by atoms with Crippen LogP contribution in [0, 0.1) is 23.4 Å². The average Bonchev–Trinajstić information content (AvgIpc) is 2.51. The molecule has 0 unspecified atom stereocenters. The highest BCUT2D eigenvalue weighted by atomic mass is 19.2. The molecular weight excluding hydrogens is 309 g/mol. The summed E-state index contributed by atoms with van der Waals surface area (Å²) in [5, 5.41) is 3.25. The van der Waals surface area contributed by atoms with E-state index in [1.807, 2.05) is 13.8 Å². The van der Waals surface area contributed by atoms with Crippen LogP contribution < -0.4 is 5.32 Å². The molecule has 0 amide bonds. The van der Waals surface area contributed by atoms with E-state index in [1.54, 1.807) is 0 Å². The molecule has 3 atom stereocenters. The number of nitrogens with one attached hydrogen (secondary N) is 1. The minimum Gasteiger partial charge on any atom is -0.483 e. The average molecular weight is 330 g/mol. The van der Waals surface area contributed by atoms with Crippen LogP contribution in [0.2, 0.25) is 0 Å². The topological polar surface area (TPSA) is 42.9 Å². The van der Waals surface area contributed by atoms with Crippen molar-refractivity contribution in [3.63, 3.8) is 0 Å². The summed E-state index contributed by atoms with van der Waals surface area (Å²) in [7, 11) is 3.02. The molecule has 1 N–H and O–H groups in total. The number of aliphatic imine (C=N–C) groups is 1. The van der Waals surface area contributed by atoms with Gasteiger partial charge in [-0.1, -0.05) is 13.8 Å². The second-order valence-electron chi connectivity index (χ2n) is 5.85. The Balaban J connectivity index is 2.30. The van der Waals surface area contributed by atoms with Gasteiger partial charge in [0.1, 0.15) is 12.0 Å². The van der Waals surface area contributed by atoms with Gasteiger partial charge in [-0.05, 0) is 17.5 Å².